The zero-order valence-corrected chi connectivity index (χ0v) is 12.7. The molecule has 0 aliphatic heterocycles. The molecule has 0 fully saturated rings. The Hall–Kier alpha value is -1.07. The third-order valence-electron chi connectivity index (χ3n) is 3.06. The molecule has 0 saturated carbocycles. The predicted octanol–water partition coefficient (Wildman–Crippen LogP) is 3.31. The molecule has 0 atom stereocenters. The van der Waals surface area contributed by atoms with E-state index in [9.17, 15) is 0 Å². The number of aromatic nitrogens is 1. The number of ether oxygens (including phenoxy) is 2. The Morgan fingerprint density at radius 2 is 2.00 bits per heavy atom. The lowest BCUT2D eigenvalue weighted by molar-refractivity contribution is -0.133. The lowest BCUT2D eigenvalue weighted by Gasteiger charge is -2.17. The average molecular weight is 297 g/mol. The van der Waals surface area contributed by atoms with Crippen LogP contribution in [0.1, 0.15) is 19.4 Å². The summed E-state index contributed by atoms with van der Waals surface area (Å²) in [5.41, 5.74) is 2.27. The van der Waals surface area contributed by atoms with Gasteiger partial charge in [0.15, 0.2) is 6.29 Å². The number of halogens is 1. The van der Waals surface area contributed by atoms with E-state index in [1.54, 1.807) is 0 Å². The van der Waals surface area contributed by atoms with E-state index in [0.29, 0.717) is 19.8 Å². The fraction of sp³-hybridized carbons (Fsp3) is 0.467. The minimum absolute atomic E-state index is 0.190. The molecule has 20 heavy (non-hydrogen) atoms. The van der Waals surface area contributed by atoms with Gasteiger partial charge in [-0.2, -0.15) is 0 Å². The summed E-state index contributed by atoms with van der Waals surface area (Å²) < 4.78 is 11.0. The van der Waals surface area contributed by atoms with E-state index in [-0.39, 0.29) is 6.29 Å². The summed E-state index contributed by atoms with van der Waals surface area (Å²) in [6, 6.07) is 5.88. The van der Waals surface area contributed by atoms with Crippen molar-refractivity contribution < 1.29 is 9.47 Å². The quantitative estimate of drug-likeness (QED) is 0.735. The molecule has 5 heteroatoms. The highest BCUT2D eigenvalue weighted by molar-refractivity contribution is 6.31. The van der Waals surface area contributed by atoms with Crippen molar-refractivity contribution >= 4 is 22.5 Å². The molecule has 0 amide bonds. The van der Waals surface area contributed by atoms with Gasteiger partial charge >= 0.3 is 0 Å². The van der Waals surface area contributed by atoms with Crippen molar-refractivity contribution in [1.29, 1.82) is 0 Å². The van der Waals surface area contributed by atoms with E-state index in [4.69, 9.17) is 21.1 Å². The number of hydrogen-bond acceptors (Lipinski definition) is 3. The maximum atomic E-state index is 5.97. The highest BCUT2D eigenvalue weighted by Gasteiger charge is 2.08. The molecule has 1 aromatic heterocycles. The minimum Gasteiger partial charge on any atom is -0.361 e. The topological polar surface area (TPSA) is 46.3 Å². The second kappa shape index (κ2) is 7.64. The van der Waals surface area contributed by atoms with Crippen molar-refractivity contribution in [1.82, 2.24) is 10.3 Å². The van der Waals surface area contributed by atoms with Crippen LogP contribution in [0.3, 0.4) is 0 Å². The van der Waals surface area contributed by atoms with Gasteiger partial charge in [0.25, 0.3) is 0 Å². The molecule has 0 aliphatic carbocycles. The molecule has 1 aromatic carbocycles. The molecule has 0 unspecified atom stereocenters. The molecule has 2 rings (SSSR count). The monoisotopic (exact) mass is 296 g/mol. The van der Waals surface area contributed by atoms with Crippen molar-refractivity contribution in [2.45, 2.75) is 26.7 Å². The first kappa shape index (κ1) is 15.3. The molecule has 2 N–H and O–H groups in total. The normalized spacial score (nSPS) is 11.6. The van der Waals surface area contributed by atoms with Gasteiger partial charge in [-0.3, -0.25) is 0 Å². The van der Waals surface area contributed by atoms with Gasteiger partial charge in [-0.15, -0.1) is 0 Å². The van der Waals surface area contributed by atoms with Crippen LogP contribution < -0.4 is 5.32 Å². The third kappa shape index (κ3) is 3.96. The van der Waals surface area contributed by atoms with Crippen LogP contribution in [-0.2, 0) is 16.0 Å². The van der Waals surface area contributed by atoms with Crippen molar-refractivity contribution in [2.75, 3.05) is 19.8 Å². The zero-order valence-electron chi connectivity index (χ0n) is 11.9. The molecule has 0 spiro atoms. The number of aromatic amines is 1. The van der Waals surface area contributed by atoms with Crippen LogP contribution in [0, 0.1) is 0 Å². The number of fused-ring (bicyclic) bond motifs is 1. The van der Waals surface area contributed by atoms with Gasteiger partial charge in [0.05, 0.1) is 0 Å². The van der Waals surface area contributed by atoms with Gasteiger partial charge in [0.1, 0.15) is 0 Å². The first-order valence-electron chi connectivity index (χ1n) is 6.94. The number of H-pyrrole nitrogens is 1. The summed E-state index contributed by atoms with van der Waals surface area (Å²) in [6.45, 7) is 6.67. The average Bonchev–Trinajstić information content (AvgIpc) is 2.81. The highest BCUT2D eigenvalue weighted by atomic mass is 35.5. The van der Waals surface area contributed by atoms with Gasteiger partial charge in [0.2, 0.25) is 0 Å². The SMILES string of the molecule is CCOC(CNCc1c[nH]c2cc(Cl)ccc12)OCC. The van der Waals surface area contributed by atoms with Crippen LogP contribution in [0.2, 0.25) is 5.02 Å². The molecule has 110 valence electrons. The maximum absolute atomic E-state index is 5.97. The Kier molecular flexibility index (Phi) is 5.86. The summed E-state index contributed by atoms with van der Waals surface area (Å²) in [6.07, 6.45) is 1.81. The number of rotatable bonds is 8. The summed E-state index contributed by atoms with van der Waals surface area (Å²) in [5.74, 6) is 0. The van der Waals surface area contributed by atoms with Crippen molar-refractivity contribution in [3.05, 3.63) is 35.0 Å². The third-order valence-corrected chi connectivity index (χ3v) is 3.30. The Bertz CT molecular complexity index is 536. The molecule has 0 saturated heterocycles. The van der Waals surface area contributed by atoms with Crippen LogP contribution >= 0.6 is 11.6 Å². The number of nitrogens with one attached hydrogen (secondary N) is 2. The molecule has 1 heterocycles. The first-order valence-corrected chi connectivity index (χ1v) is 7.31. The van der Waals surface area contributed by atoms with Gasteiger partial charge < -0.3 is 19.8 Å². The van der Waals surface area contributed by atoms with Crippen LogP contribution in [0.4, 0.5) is 0 Å². The molecule has 4 nitrogen and oxygen atoms in total. The largest absolute Gasteiger partial charge is 0.361 e. The van der Waals surface area contributed by atoms with E-state index < -0.39 is 0 Å². The molecule has 2 aromatic rings. The van der Waals surface area contributed by atoms with E-state index >= 15 is 0 Å². The van der Waals surface area contributed by atoms with E-state index in [1.165, 1.54) is 10.9 Å². The fourth-order valence-electron chi connectivity index (χ4n) is 2.17. The van der Waals surface area contributed by atoms with Gasteiger partial charge in [-0.1, -0.05) is 17.7 Å². The second-order valence-corrected chi connectivity index (χ2v) is 4.91. The smallest absolute Gasteiger partial charge is 0.169 e. The van der Waals surface area contributed by atoms with E-state index in [2.05, 4.69) is 10.3 Å². The lowest BCUT2D eigenvalue weighted by Crippen LogP contribution is -2.31. The fourth-order valence-corrected chi connectivity index (χ4v) is 2.34. The second-order valence-electron chi connectivity index (χ2n) is 4.47. The van der Waals surface area contributed by atoms with Crippen LogP contribution in [-0.4, -0.2) is 31.0 Å². The standard InChI is InChI=1S/C15H21ClN2O2/c1-3-19-15(20-4-2)10-17-8-11-9-18-14-7-12(16)5-6-13(11)14/h5-7,9,15,17-18H,3-4,8,10H2,1-2H3. The number of benzene rings is 1. The Morgan fingerprint density at radius 3 is 2.70 bits per heavy atom. The number of hydrogen-bond donors (Lipinski definition) is 2. The van der Waals surface area contributed by atoms with Crippen molar-refractivity contribution in [3.63, 3.8) is 0 Å². The Labute approximate surface area is 124 Å². The molecular weight excluding hydrogens is 276 g/mol. The van der Waals surface area contributed by atoms with Gasteiger partial charge in [-0.05, 0) is 31.5 Å². The predicted molar refractivity (Wildman–Crippen MR) is 82.1 cm³/mol. The summed E-state index contributed by atoms with van der Waals surface area (Å²) in [7, 11) is 0. The van der Waals surface area contributed by atoms with Crippen LogP contribution in [0.5, 0.6) is 0 Å². The highest BCUT2D eigenvalue weighted by Crippen LogP contribution is 2.21. The summed E-state index contributed by atoms with van der Waals surface area (Å²) in [4.78, 5) is 3.23. The van der Waals surface area contributed by atoms with E-state index in [1.807, 2.05) is 38.2 Å². The van der Waals surface area contributed by atoms with Crippen molar-refractivity contribution in [3.8, 4) is 0 Å². The van der Waals surface area contributed by atoms with Gasteiger partial charge in [0, 0.05) is 48.4 Å². The molecule has 0 aliphatic rings. The summed E-state index contributed by atoms with van der Waals surface area (Å²) >= 11 is 5.97. The van der Waals surface area contributed by atoms with E-state index in [0.717, 1.165) is 17.1 Å². The first-order chi connectivity index (χ1) is 9.74. The van der Waals surface area contributed by atoms with Crippen LogP contribution in [0.25, 0.3) is 10.9 Å². The van der Waals surface area contributed by atoms with Crippen LogP contribution in [0.15, 0.2) is 24.4 Å². The lowest BCUT2D eigenvalue weighted by atomic mass is 10.2. The zero-order chi connectivity index (χ0) is 14.4. The van der Waals surface area contributed by atoms with Gasteiger partial charge in [-0.25, -0.2) is 0 Å². The Morgan fingerprint density at radius 1 is 1.25 bits per heavy atom. The Balaban J connectivity index is 1.92. The minimum atomic E-state index is -0.190. The molecular formula is C15H21ClN2O2. The van der Waals surface area contributed by atoms with Crippen molar-refractivity contribution in [2.24, 2.45) is 0 Å². The summed E-state index contributed by atoms with van der Waals surface area (Å²) in [5, 5.41) is 5.29. The maximum Gasteiger partial charge on any atom is 0.169 e. The molecule has 0 radical (unpaired) electrons. The molecule has 0 bridgehead atoms.